The Kier molecular flexibility index (Phi) is 5.79. The Morgan fingerprint density at radius 3 is 2.31 bits per heavy atom. The zero-order chi connectivity index (χ0) is 9.14. The molecule has 1 rings (SSSR count). The molecular formula is C6H9AsClNO3S. The molecule has 0 saturated heterocycles. The van der Waals surface area contributed by atoms with Crippen LogP contribution in [-0.2, 0) is 0 Å². The number of anilines is 1. The average molecular weight is 286 g/mol. The van der Waals surface area contributed by atoms with Crippen molar-refractivity contribution in [1.82, 2.24) is 0 Å². The second-order valence-corrected chi connectivity index (χ2v) is 5.02. The van der Waals surface area contributed by atoms with E-state index in [1.165, 1.54) is 6.07 Å². The molecule has 0 spiro atoms. The Labute approximate surface area is 91.4 Å². The van der Waals surface area contributed by atoms with Gasteiger partial charge >= 0.3 is 79.0 Å². The molecule has 13 heavy (non-hydrogen) atoms. The van der Waals surface area contributed by atoms with Gasteiger partial charge in [-0.1, -0.05) is 0 Å². The molecule has 0 saturated carbocycles. The zero-order valence-electron chi connectivity index (χ0n) is 6.41. The number of rotatable bonds is 2. The van der Waals surface area contributed by atoms with Gasteiger partial charge in [-0.2, -0.15) is 0 Å². The molecule has 0 aromatic heterocycles. The predicted octanol–water partition coefficient (Wildman–Crippen LogP) is -0.0645. The summed E-state index contributed by atoms with van der Waals surface area (Å²) in [6.07, 6.45) is 0. The quantitative estimate of drug-likeness (QED) is 0.347. The summed E-state index contributed by atoms with van der Waals surface area (Å²) in [5.74, 6) is 0. The van der Waals surface area contributed by atoms with Crippen molar-refractivity contribution in [2.24, 2.45) is 0 Å². The van der Waals surface area contributed by atoms with Gasteiger partial charge in [0.05, 0.1) is 0 Å². The van der Waals surface area contributed by atoms with Crippen molar-refractivity contribution in [1.29, 1.82) is 0 Å². The van der Waals surface area contributed by atoms with Crippen LogP contribution in [0.15, 0.2) is 23.1 Å². The topological polar surface area (TPSA) is 86.7 Å². The third-order valence-corrected chi connectivity index (χ3v) is 3.44. The average Bonchev–Trinajstić information content (AvgIpc) is 2.04. The van der Waals surface area contributed by atoms with E-state index < -0.39 is 15.3 Å². The number of nitrogen functional groups attached to an aromatic ring is 1. The third-order valence-electron chi connectivity index (χ3n) is 1.32. The molecule has 1 aromatic rings. The van der Waals surface area contributed by atoms with Gasteiger partial charge in [-0.3, -0.25) is 0 Å². The fourth-order valence-electron chi connectivity index (χ4n) is 0.743. The molecule has 0 radical (unpaired) electrons. The molecule has 0 heterocycles. The number of hydrogen-bond donors (Lipinski definition) is 4. The summed E-state index contributed by atoms with van der Waals surface area (Å²) in [5.41, 5.74) is 5.85. The van der Waals surface area contributed by atoms with Crippen molar-refractivity contribution in [3.8, 4) is 0 Å². The summed E-state index contributed by atoms with van der Waals surface area (Å²) in [6, 6.07) is 4.58. The van der Waals surface area contributed by atoms with E-state index in [2.05, 4.69) is 0 Å². The van der Waals surface area contributed by atoms with Crippen LogP contribution in [0.3, 0.4) is 0 Å². The monoisotopic (exact) mass is 285 g/mol. The minimum absolute atomic E-state index is 0. The first kappa shape index (κ1) is 13.1. The van der Waals surface area contributed by atoms with E-state index >= 15 is 0 Å². The van der Waals surface area contributed by atoms with Crippen LogP contribution in [0.1, 0.15) is 0 Å². The maximum atomic E-state index is 8.89. The van der Waals surface area contributed by atoms with Crippen molar-refractivity contribution >= 4 is 49.8 Å². The Balaban J connectivity index is 0.00000144. The van der Waals surface area contributed by atoms with Crippen LogP contribution >= 0.6 is 24.4 Å². The Bertz CT molecular complexity index is 287. The molecule has 0 unspecified atom stereocenters. The second kappa shape index (κ2) is 5.75. The van der Waals surface area contributed by atoms with Gasteiger partial charge < -0.3 is 0 Å². The summed E-state index contributed by atoms with van der Waals surface area (Å²) in [6.45, 7) is 0. The zero-order valence-corrected chi connectivity index (χ0v) is 9.92. The Morgan fingerprint density at radius 2 is 1.92 bits per heavy atom. The third kappa shape index (κ3) is 3.38. The summed E-state index contributed by atoms with van der Waals surface area (Å²) in [7, 11) is 0. The normalized spacial score (nSPS) is 9.85. The molecule has 74 valence electrons. The van der Waals surface area contributed by atoms with Crippen LogP contribution in [0.5, 0.6) is 0 Å². The standard InChI is InChI=1S/C6H8AsNO3S.ClH/c8-5-3-4(7(9)10)1-2-6(5)12-11;/h1-3,9-11H,8H2;1H. The summed E-state index contributed by atoms with van der Waals surface area (Å²) >= 11 is -2.28. The van der Waals surface area contributed by atoms with Crippen molar-refractivity contribution in [3.63, 3.8) is 0 Å². The SMILES string of the molecule is Cl.Nc1cc([As](O)O)ccc1SO. The van der Waals surface area contributed by atoms with E-state index in [0.29, 0.717) is 27.0 Å². The van der Waals surface area contributed by atoms with Crippen LogP contribution in [-0.4, -0.2) is 28.1 Å². The molecule has 4 nitrogen and oxygen atoms in total. The van der Waals surface area contributed by atoms with Gasteiger partial charge in [0.15, 0.2) is 0 Å². The van der Waals surface area contributed by atoms with E-state index in [-0.39, 0.29) is 12.4 Å². The Hall–Kier alpha value is 0.0984. The number of hydrogen-bond acceptors (Lipinski definition) is 5. The minimum atomic E-state index is -2.82. The van der Waals surface area contributed by atoms with Gasteiger partial charge in [-0.25, -0.2) is 0 Å². The molecule has 0 fully saturated rings. The summed E-state index contributed by atoms with van der Waals surface area (Å²) in [4.78, 5) is 0.523. The van der Waals surface area contributed by atoms with Crippen molar-refractivity contribution < 1.29 is 12.7 Å². The van der Waals surface area contributed by atoms with Crippen LogP contribution in [0.2, 0.25) is 0 Å². The molecule has 0 aliphatic heterocycles. The molecule has 5 N–H and O–H groups in total. The predicted molar refractivity (Wildman–Crippen MR) is 56.4 cm³/mol. The van der Waals surface area contributed by atoms with E-state index in [4.69, 9.17) is 18.5 Å². The van der Waals surface area contributed by atoms with Gasteiger partial charge in [0, 0.05) is 0 Å². The fourth-order valence-corrected chi connectivity index (χ4v) is 2.01. The van der Waals surface area contributed by atoms with Crippen LogP contribution in [0.4, 0.5) is 5.69 Å². The first-order valence-corrected chi connectivity index (χ1v) is 6.43. The maximum absolute atomic E-state index is 8.89. The van der Waals surface area contributed by atoms with Crippen LogP contribution in [0, 0.1) is 0 Å². The van der Waals surface area contributed by atoms with Crippen molar-refractivity contribution in [3.05, 3.63) is 18.2 Å². The second-order valence-electron chi connectivity index (χ2n) is 2.10. The number of nitrogens with two attached hydrogens (primary N) is 1. The summed E-state index contributed by atoms with van der Waals surface area (Å²) in [5, 5.41) is 0. The number of halogens is 1. The van der Waals surface area contributed by atoms with Crippen molar-refractivity contribution in [2.75, 3.05) is 5.73 Å². The number of benzene rings is 1. The molecule has 7 heteroatoms. The van der Waals surface area contributed by atoms with Crippen molar-refractivity contribution in [2.45, 2.75) is 4.90 Å². The Morgan fingerprint density at radius 1 is 1.31 bits per heavy atom. The molecular weight excluding hydrogens is 277 g/mol. The van der Waals surface area contributed by atoms with Gasteiger partial charge in [0.2, 0.25) is 0 Å². The van der Waals surface area contributed by atoms with Gasteiger partial charge in [-0.05, 0) is 0 Å². The fraction of sp³-hybridized carbons (Fsp3) is 0. The van der Waals surface area contributed by atoms with Gasteiger partial charge in [0.1, 0.15) is 0 Å². The molecule has 0 atom stereocenters. The molecule has 0 aliphatic rings. The molecule has 0 amide bonds. The first-order chi connectivity index (χ1) is 5.65. The first-order valence-electron chi connectivity index (χ1n) is 3.04. The molecule has 0 aliphatic carbocycles. The molecule has 1 aromatic carbocycles. The van der Waals surface area contributed by atoms with Crippen LogP contribution < -0.4 is 10.1 Å². The van der Waals surface area contributed by atoms with Gasteiger partial charge in [0.25, 0.3) is 0 Å². The van der Waals surface area contributed by atoms with E-state index in [0.717, 1.165) is 0 Å². The van der Waals surface area contributed by atoms with E-state index in [9.17, 15) is 0 Å². The summed E-state index contributed by atoms with van der Waals surface area (Å²) < 4.78 is 26.9. The van der Waals surface area contributed by atoms with E-state index in [1.807, 2.05) is 0 Å². The van der Waals surface area contributed by atoms with E-state index in [1.54, 1.807) is 12.1 Å². The molecule has 0 bridgehead atoms. The van der Waals surface area contributed by atoms with Gasteiger partial charge in [-0.15, -0.1) is 12.4 Å². The van der Waals surface area contributed by atoms with Crippen LogP contribution in [0.25, 0.3) is 0 Å².